The van der Waals surface area contributed by atoms with E-state index in [1.807, 2.05) is 29.1 Å². The third-order valence-corrected chi connectivity index (χ3v) is 6.88. The SMILES string of the molecule is COc1cc(Nc2nc(-c3ccc4c(c3)CN=C4)cn3ccnc23)ccc1N1CCN(CCO)CC1. The van der Waals surface area contributed by atoms with Gasteiger partial charge in [-0.05, 0) is 29.3 Å². The number of imidazole rings is 1. The van der Waals surface area contributed by atoms with Crippen molar-refractivity contribution in [3.63, 3.8) is 0 Å². The van der Waals surface area contributed by atoms with Gasteiger partial charge in [0.05, 0.1) is 31.6 Å². The molecule has 0 unspecified atom stereocenters. The van der Waals surface area contributed by atoms with Crippen molar-refractivity contribution < 1.29 is 9.84 Å². The summed E-state index contributed by atoms with van der Waals surface area (Å²) in [5.74, 6) is 1.49. The number of ether oxygens (including phenoxy) is 1. The molecule has 2 N–H and O–H groups in total. The first-order valence-corrected chi connectivity index (χ1v) is 12.2. The second kappa shape index (κ2) is 9.60. The Kier molecular flexibility index (Phi) is 6.00. The lowest BCUT2D eigenvalue weighted by Crippen LogP contribution is -2.47. The standard InChI is InChI=1S/C27H29N7O2/c1-36-25-15-22(4-5-24(25)33-10-8-32(9-11-33)12-13-35)30-26-27-29-6-7-34(27)18-23(31-26)19-2-3-20-16-28-17-21(20)14-19/h2-7,14-16,18,35H,8-13,17H2,1H3,(H,30,31). The molecule has 184 valence electrons. The van der Waals surface area contributed by atoms with Crippen LogP contribution in [-0.4, -0.2) is 77.0 Å². The van der Waals surface area contributed by atoms with Crippen molar-refractivity contribution in [2.24, 2.45) is 4.99 Å². The molecule has 2 aromatic carbocycles. The first kappa shape index (κ1) is 22.5. The summed E-state index contributed by atoms with van der Waals surface area (Å²) in [7, 11) is 1.70. The zero-order chi connectivity index (χ0) is 24.5. The van der Waals surface area contributed by atoms with E-state index in [4.69, 9.17) is 9.72 Å². The fourth-order valence-corrected chi connectivity index (χ4v) is 4.93. The molecule has 0 aliphatic carbocycles. The van der Waals surface area contributed by atoms with Gasteiger partial charge in [0.15, 0.2) is 11.5 Å². The van der Waals surface area contributed by atoms with E-state index in [1.165, 1.54) is 11.1 Å². The lowest BCUT2D eigenvalue weighted by molar-refractivity contribution is 0.188. The van der Waals surface area contributed by atoms with Crippen molar-refractivity contribution >= 4 is 29.1 Å². The zero-order valence-electron chi connectivity index (χ0n) is 20.3. The quantitative estimate of drug-likeness (QED) is 0.417. The minimum atomic E-state index is 0.198. The van der Waals surface area contributed by atoms with Crippen LogP contribution in [-0.2, 0) is 6.54 Å². The number of anilines is 3. The van der Waals surface area contributed by atoms with E-state index in [0.717, 1.165) is 66.8 Å². The van der Waals surface area contributed by atoms with E-state index < -0.39 is 0 Å². The van der Waals surface area contributed by atoms with Crippen molar-refractivity contribution in [2.45, 2.75) is 6.54 Å². The smallest absolute Gasteiger partial charge is 0.180 e. The van der Waals surface area contributed by atoms with Crippen LogP contribution >= 0.6 is 0 Å². The van der Waals surface area contributed by atoms with Crippen molar-refractivity contribution in [2.75, 3.05) is 56.7 Å². The molecule has 6 rings (SSSR count). The molecule has 0 saturated carbocycles. The third kappa shape index (κ3) is 4.27. The van der Waals surface area contributed by atoms with Gasteiger partial charge in [0.25, 0.3) is 0 Å². The Balaban J connectivity index is 1.28. The maximum absolute atomic E-state index is 9.21. The summed E-state index contributed by atoms with van der Waals surface area (Å²) in [6.45, 7) is 5.27. The number of aromatic nitrogens is 3. The highest BCUT2D eigenvalue weighted by Crippen LogP contribution is 2.34. The van der Waals surface area contributed by atoms with Gasteiger partial charge in [0.1, 0.15) is 5.75 Å². The van der Waals surface area contributed by atoms with Crippen LogP contribution in [0.2, 0.25) is 0 Å². The Morgan fingerprint density at radius 2 is 1.97 bits per heavy atom. The molecule has 2 aliphatic heterocycles. The molecule has 1 fully saturated rings. The molecule has 1 saturated heterocycles. The molecule has 0 atom stereocenters. The monoisotopic (exact) mass is 483 g/mol. The summed E-state index contributed by atoms with van der Waals surface area (Å²) >= 11 is 0. The molecule has 9 heteroatoms. The van der Waals surface area contributed by atoms with Crippen molar-refractivity contribution in [1.82, 2.24) is 19.3 Å². The molecule has 0 spiro atoms. The van der Waals surface area contributed by atoms with Crippen LogP contribution < -0.4 is 15.0 Å². The maximum Gasteiger partial charge on any atom is 0.180 e. The summed E-state index contributed by atoms with van der Waals surface area (Å²) in [5, 5.41) is 12.7. The van der Waals surface area contributed by atoms with Crippen LogP contribution in [0, 0.1) is 0 Å². The number of aliphatic hydroxyl groups excluding tert-OH is 1. The van der Waals surface area contributed by atoms with Gasteiger partial charge in [0, 0.05) is 74.8 Å². The van der Waals surface area contributed by atoms with Gasteiger partial charge >= 0.3 is 0 Å². The van der Waals surface area contributed by atoms with Gasteiger partial charge in [-0.15, -0.1) is 0 Å². The van der Waals surface area contributed by atoms with Crippen LogP contribution in [0.25, 0.3) is 16.9 Å². The number of benzene rings is 2. The Morgan fingerprint density at radius 3 is 2.81 bits per heavy atom. The van der Waals surface area contributed by atoms with E-state index in [9.17, 15) is 5.11 Å². The van der Waals surface area contributed by atoms with Gasteiger partial charge in [-0.3, -0.25) is 9.89 Å². The number of methoxy groups -OCH3 is 1. The van der Waals surface area contributed by atoms with Crippen molar-refractivity contribution in [1.29, 1.82) is 0 Å². The molecule has 4 aromatic rings. The Morgan fingerprint density at radius 1 is 1.08 bits per heavy atom. The summed E-state index contributed by atoms with van der Waals surface area (Å²) in [6.07, 6.45) is 7.64. The summed E-state index contributed by atoms with van der Waals surface area (Å²) in [5.41, 5.74) is 7.00. The van der Waals surface area contributed by atoms with Crippen LogP contribution in [0.1, 0.15) is 11.1 Å². The number of fused-ring (bicyclic) bond motifs is 2. The van der Waals surface area contributed by atoms with Crippen molar-refractivity contribution in [3.8, 4) is 17.0 Å². The minimum absolute atomic E-state index is 0.198. The molecule has 0 radical (unpaired) electrons. The van der Waals surface area contributed by atoms with Crippen LogP contribution in [0.15, 0.2) is 60.0 Å². The molecular formula is C27H29N7O2. The maximum atomic E-state index is 9.21. The average molecular weight is 484 g/mol. The van der Waals surface area contributed by atoms with E-state index in [0.29, 0.717) is 12.4 Å². The fraction of sp³-hybridized carbons (Fsp3) is 0.296. The number of hydrogen-bond acceptors (Lipinski definition) is 8. The molecule has 2 aliphatic rings. The number of nitrogens with one attached hydrogen (secondary N) is 1. The summed E-state index contributed by atoms with van der Waals surface area (Å²) in [6, 6.07) is 12.5. The number of piperazine rings is 1. The van der Waals surface area contributed by atoms with E-state index >= 15 is 0 Å². The van der Waals surface area contributed by atoms with Crippen LogP contribution in [0.3, 0.4) is 0 Å². The predicted octanol–water partition coefficient (Wildman–Crippen LogP) is 3.20. The summed E-state index contributed by atoms with van der Waals surface area (Å²) < 4.78 is 7.76. The number of rotatable bonds is 7. The molecule has 2 aromatic heterocycles. The zero-order valence-corrected chi connectivity index (χ0v) is 20.3. The van der Waals surface area contributed by atoms with E-state index in [1.54, 1.807) is 13.3 Å². The van der Waals surface area contributed by atoms with Crippen LogP contribution in [0.4, 0.5) is 17.2 Å². The topological polar surface area (TPSA) is 90.5 Å². The Labute approximate surface area is 209 Å². The Hall–Kier alpha value is -3.95. The van der Waals surface area contributed by atoms with Crippen molar-refractivity contribution in [3.05, 3.63) is 66.1 Å². The van der Waals surface area contributed by atoms with Gasteiger partial charge in [0.2, 0.25) is 0 Å². The number of hydrogen-bond donors (Lipinski definition) is 2. The number of nitrogens with zero attached hydrogens (tertiary/aromatic N) is 6. The Bertz CT molecular complexity index is 1420. The summed E-state index contributed by atoms with van der Waals surface area (Å²) in [4.78, 5) is 18.4. The molecule has 4 heterocycles. The van der Waals surface area contributed by atoms with Gasteiger partial charge in [-0.1, -0.05) is 12.1 Å². The average Bonchev–Trinajstić information content (AvgIpc) is 3.58. The highest BCUT2D eigenvalue weighted by molar-refractivity contribution is 5.86. The highest BCUT2D eigenvalue weighted by Gasteiger charge is 2.20. The van der Waals surface area contributed by atoms with Gasteiger partial charge in [-0.25, -0.2) is 9.97 Å². The van der Waals surface area contributed by atoms with Crippen LogP contribution in [0.5, 0.6) is 5.75 Å². The lowest BCUT2D eigenvalue weighted by atomic mass is 10.0. The molecule has 36 heavy (non-hydrogen) atoms. The number of aliphatic hydroxyl groups is 1. The van der Waals surface area contributed by atoms with E-state index in [-0.39, 0.29) is 6.61 Å². The normalized spacial score (nSPS) is 15.4. The number of aliphatic imine (C=N–C) groups is 1. The molecule has 0 amide bonds. The molecular weight excluding hydrogens is 454 g/mol. The predicted molar refractivity (Wildman–Crippen MR) is 142 cm³/mol. The highest BCUT2D eigenvalue weighted by atomic mass is 16.5. The molecule has 9 nitrogen and oxygen atoms in total. The largest absolute Gasteiger partial charge is 0.495 e. The molecule has 0 bridgehead atoms. The lowest BCUT2D eigenvalue weighted by Gasteiger charge is -2.36. The van der Waals surface area contributed by atoms with E-state index in [2.05, 4.69) is 55.4 Å². The fourth-order valence-electron chi connectivity index (χ4n) is 4.93. The second-order valence-electron chi connectivity index (χ2n) is 9.08. The van der Waals surface area contributed by atoms with Gasteiger partial charge < -0.3 is 24.5 Å². The number of β-amino-alcohol motifs (C(OH)–C–C–N with tert-alkyl or cyclic N) is 1. The first-order chi connectivity index (χ1) is 17.7. The first-order valence-electron chi connectivity index (χ1n) is 12.2. The van der Waals surface area contributed by atoms with Gasteiger partial charge in [-0.2, -0.15) is 0 Å². The minimum Gasteiger partial charge on any atom is -0.495 e. The third-order valence-electron chi connectivity index (χ3n) is 6.88. The second-order valence-corrected chi connectivity index (χ2v) is 9.08.